The van der Waals surface area contributed by atoms with Crippen LogP contribution in [0.5, 0.6) is 5.75 Å². The van der Waals surface area contributed by atoms with Crippen LogP contribution in [-0.2, 0) is 10.0 Å². The number of anilines is 1. The smallest absolute Gasteiger partial charge is 0.267 e. The van der Waals surface area contributed by atoms with Gasteiger partial charge in [-0.05, 0) is 61.4 Å². The molecule has 1 amide bonds. The summed E-state index contributed by atoms with van der Waals surface area (Å²) >= 11 is 12.3. The van der Waals surface area contributed by atoms with Crippen molar-refractivity contribution in [2.24, 2.45) is 0 Å². The van der Waals surface area contributed by atoms with Gasteiger partial charge in [0.15, 0.2) is 0 Å². The molecule has 2 fully saturated rings. The lowest BCUT2D eigenvalue weighted by Gasteiger charge is -2.35. The highest BCUT2D eigenvalue weighted by atomic mass is 35.5. The van der Waals surface area contributed by atoms with E-state index in [2.05, 4.69) is 4.90 Å². The van der Waals surface area contributed by atoms with E-state index in [0.717, 1.165) is 49.7 Å². The van der Waals surface area contributed by atoms with E-state index in [-0.39, 0.29) is 17.6 Å². The Bertz CT molecular complexity index is 1130. The van der Waals surface area contributed by atoms with Gasteiger partial charge in [0.05, 0.1) is 18.4 Å². The average Bonchev–Trinajstić information content (AvgIpc) is 3.51. The molecule has 2 aromatic rings. The third-order valence-corrected chi connectivity index (χ3v) is 6.52. The standard InChI is InChI=1S/C22H23Cl2FN2O4S/c1-32(29,30)26-22(28)19-10-18(13-4-5-13)21(11-20(19)25)31-17-3-2-6-27(12-17)16-8-14(23)7-15(24)9-16/h7-11,13,17H,2-6,12H2,1H3,(H,26,28)/t17-/m1/s1. The second kappa shape index (κ2) is 9.08. The van der Waals surface area contributed by atoms with Gasteiger partial charge < -0.3 is 9.64 Å². The molecule has 6 nitrogen and oxygen atoms in total. The molecule has 0 spiro atoms. The highest BCUT2D eigenvalue weighted by molar-refractivity contribution is 7.89. The Morgan fingerprint density at radius 1 is 1.12 bits per heavy atom. The van der Waals surface area contributed by atoms with Gasteiger partial charge in [-0.3, -0.25) is 4.79 Å². The van der Waals surface area contributed by atoms with Crippen molar-refractivity contribution in [3.05, 3.63) is 57.3 Å². The summed E-state index contributed by atoms with van der Waals surface area (Å²) in [6, 6.07) is 7.98. The number of benzene rings is 2. The number of ether oxygens (including phenoxy) is 1. The number of nitrogens with one attached hydrogen (secondary N) is 1. The molecule has 32 heavy (non-hydrogen) atoms. The first-order chi connectivity index (χ1) is 15.1. The van der Waals surface area contributed by atoms with E-state index in [4.69, 9.17) is 27.9 Å². The predicted molar refractivity (Wildman–Crippen MR) is 123 cm³/mol. The van der Waals surface area contributed by atoms with Crippen LogP contribution in [-0.4, -0.2) is 39.8 Å². The molecular weight excluding hydrogens is 478 g/mol. The number of hydrogen-bond donors (Lipinski definition) is 1. The molecule has 4 rings (SSSR count). The monoisotopic (exact) mass is 500 g/mol. The average molecular weight is 501 g/mol. The number of carbonyl (C=O) groups is 1. The van der Waals surface area contributed by atoms with Crippen molar-refractivity contribution in [1.29, 1.82) is 0 Å². The normalized spacial score (nSPS) is 19.0. The van der Waals surface area contributed by atoms with Gasteiger partial charge in [0, 0.05) is 28.3 Å². The number of nitrogens with zero attached hydrogens (tertiary/aromatic N) is 1. The topological polar surface area (TPSA) is 75.7 Å². The first kappa shape index (κ1) is 23.1. The van der Waals surface area contributed by atoms with Gasteiger partial charge in [-0.15, -0.1) is 0 Å². The first-order valence-corrected chi connectivity index (χ1v) is 13.0. The summed E-state index contributed by atoms with van der Waals surface area (Å²) in [7, 11) is -3.80. The third-order valence-electron chi connectivity index (χ3n) is 5.52. The quantitative estimate of drug-likeness (QED) is 0.619. The molecule has 2 aromatic carbocycles. The number of sulfonamides is 1. The number of halogens is 3. The second-order valence-corrected chi connectivity index (χ2v) is 10.9. The zero-order valence-electron chi connectivity index (χ0n) is 17.4. The summed E-state index contributed by atoms with van der Waals surface area (Å²) in [4.78, 5) is 14.4. The van der Waals surface area contributed by atoms with Crippen molar-refractivity contribution >= 4 is 44.8 Å². The van der Waals surface area contributed by atoms with Gasteiger partial charge in [-0.25, -0.2) is 17.5 Å². The van der Waals surface area contributed by atoms with E-state index in [0.29, 0.717) is 22.3 Å². The van der Waals surface area contributed by atoms with Crippen LogP contribution >= 0.6 is 23.2 Å². The van der Waals surface area contributed by atoms with Crippen LogP contribution < -0.4 is 14.4 Å². The van der Waals surface area contributed by atoms with Crippen LogP contribution in [0.3, 0.4) is 0 Å². The molecular formula is C22H23Cl2FN2O4S. The largest absolute Gasteiger partial charge is 0.488 e. The summed E-state index contributed by atoms with van der Waals surface area (Å²) in [5.41, 5.74) is 1.33. The van der Waals surface area contributed by atoms with E-state index >= 15 is 0 Å². The molecule has 1 N–H and O–H groups in total. The molecule has 1 aliphatic heterocycles. The zero-order valence-corrected chi connectivity index (χ0v) is 19.7. The predicted octanol–water partition coefficient (Wildman–Crippen LogP) is 4.75. The number of amides is 1. The van der Waals surface area contributed by atoms with Crippen LogP contribution in [0.25, 0.3) is 0 Å². The Morgan fingerprint density at radius 3 is 2.44 bits per heavy atom. The van der Waals surface area contributed by atoms with Crippen molar-refractivity contribution in [2.45, 2.75) is 37.7 Å². The molecule has 10 heteroatoms. The Morgan fingerprint density at radius 2 is 1.81 bits per heavy atom. The van der Waals surface area contributed by atoms with Gasteiger partial charge in [0.2, 0.25) is 10.0 Å². The van der Waals surface area contributed by atoms with Gasteiger partial charge in [-0.1, -0.05) is 23.2 Å². The second-order valence-electron chi connectivity index (χ2n) is 8.30. The molecule has 0 bridgehead atoms. The number of carbonyl (C=O) groups excluding carboxylic acids is 1. The van der Waals surface area contributed by atoms with Gasteiger partial charge >= 0.3 is 0 Å². The van der Waals surface area contributed by atoms with Crippen molar-refractivity contribution < 1.29 is 22.3 Å². The number of piperidine rings is 1. The summed E-state index contributed by atoms with van der Waals surface area (Å²) < 4.78 is 45.5. The minimum Gasteiger partial charge on any atom is -0.488 e. The molecule has 1 atom stereocenters. The van der Waals surface area contributed by atoms with Crippen LogP contribution in [0, 0.1) is 5.82 Å². The van der Waals surface area contributed by atoms with Gasteiger partial charge in [0.25, 0.3) is 5.91 Å². The van der Waals surface area contributed by atoms with E-state index in [1.807, 2.05) is 16.9 Å². The molecule has 0 radical (unpaired) electrons. The third kappa shape index (κ3) is 5.66. The molecule has 0 unspecified atom stereocenters. The lowest BCUT2D eigenvalue weighted by Crippen LogP contribution is -2.41. The fourth-order valence-corrected chi connectivity index (χ4v) is 4.92. The maximum absolute atomic E-state index is 14.7. The van der Waals surface area contributed by atoms with Crippen LogP contribution in [0.2, 0.25) is 10.0 Å². The summed E-state index contributed by atoms with van der Waals surface area (Å²) in [6.45, 7) is 1.41. The van der Waals surface area contributed by atoms with Crippen molar-refractivity contribution in [3.8, 4) is 5.75 Å². The molecule has 1 heterocycles. The van der Waals surface area contributed by atoms with Gasteiger partial charge in [0.1, 0.15) is 17.7 Å². The fourth-order valence-electron chi connectivity index (χ4n) is 3.95. The molecule has 1 saturated carbocycles. The minimum absolute atomic E-state index is 0.168. The van der Waals surface area contributed by atoms with Crippen LogP contribution in [0.4, 0.5) is 10.1 Å². The number of rotatable bonds is 6. The van der Waals surface area contributed by atoms with E-state index in [9.17, 15) is 17.6 Å². The maximum atomic E-state index is 14.7. The Hall–Kier alpha value is -2.03. The van der Waals surface area contributed by atoms with Crippen LogP contribution in [0.1, 0.15) is 47.5 Å². The molecule has 172 valence electrons. The SMILES string of the molecule is CS(=O)(=O)NC(=O)c1cc(C2CC2)c(O[C@@H]2CCCN(c3cc(Cl)cc(Cl)c3)C2)cc1F. The highest BCUT2D eigenvalue weighted by Crippen LogP contribution is 2.45. The summed E-state index contributed by atoms with van der Waals surface area (Å²) in [5.74, 6) is -1.24. The highest BCUT2D eigenvalue weighted by Gasteiger charge is 2.31. The lowest BCUT2D eigenvalue weighted by atomic mass is 10.0. The molecule has 0 aromatic heterocycles. The Labute approximate surface area is 196 Å². The summed E-state index contributed by atoms with van der Waals surface area (Å²) in [5, 5.41) is 1.10. The van der Waals surface area contributed by atoms with Gasteiger partial charge in [-0.2, -0.15) is 0 Å². The zero-order chi connectivity index (χ0) is 23.0. The minimum atomic E-state index is -3.80. The molecule has 1 aliphatic carbocycles. The first-order valence-electron chi connectivity index (χ1n) is 10.3. The molecule has 1 saturated heterocycles. The van der Waals surface area contributed by atoms with E-state index < -0.39 is 21.7 Å². The van der Waals surface area contributed by atoms with Crippen molar-refractivity contribution in [2.75, 3.05) is 24.2 Å². The fraction of sp³-hybridized carbons (Fsp3) is 0.409. The molecule has 2 aliphatic rings. The van der Waals surface area contributed by atoms with Crippen LogP contribution in [0.15, 0.2) is 30.3 Å². The Kier molecular flexibility index (Phi) is 6.56. The summed E-state index contributed by atoms with van der Waals surface area (Å²) in [6.07, 6.45) is 4.16. The Balaban J connectivity index is 1.55. The van der Waals surface area contributed by atoms with Crippen molar-refractivity contribution in [1.82, 2.24) is 4.72 Å². The van der Waals surface area contributed by atoms with E-state index in [1.165, 1.54) is 12.1 Å². The maximum Gasteiger partial charge on any atom is 0.267 e. The van der Waals surface area contributed by atoms with Crippen molar-refractivity contribution in [3.63, 3.8) is 0 Å². The number of hydrogen-bond acceptors (Lipinski definition) is 5. The lowest BCUT2D eigenvalue weighted by molar-refractivity contribution is 0.0977. The van der Waals surface area contributed by atoms with E-state index in [1.54, 1.807) is 6.07 Å².